The number of amides is 1. The van der Waals surface area contributed by atoms with Gasteiger partial charge in [-0.05, 0) is 11.0 Å². The summed E-state index contributed by atoms with van der Waals surface area (Å²) in [7, 11) is 0. The highest BCUT2D eigenvalue weighted by Crippen LogP contribution is 2.20. The van der Waals surface area contributed by atoms with Crippen molar-refractivity contribution in [3.8, 4) is 0 Å². The van der Waals surface area contributed by atoms with Crippen molar-refractivity contribution in [2.24, 2.45) is 5.41 Å². The number of benzene rings is 1. The largest absolute Gasteiger partial charge is 0.367 e. The first-order chi connectivity index (χ1) is 10.9. The summed E-state index contributed by atoms with van der Waals surface area (Å²) < 4.78 is 7.47. The maximum Gasteiger partial charge on any atom is 0.246 e. The van der Waals surface area contributed by atoms with Crippen LogP contribution in [0.4, 0.5) is 0 Å². The van der Waals surface area contributed by atoms with Gasteiger partial charge in [-0.15, -0.1) is 0 Å². The Labute approximate surface area is 137 Å². The SMILES string of the molecule is CC(C)(C)[C@H](Cn1ccnc1)NC(=O)COCc1ccccc1. The van der Waals surface area contributed by atoms with Gasteiger partial charge in [0.05, 0.1) is 19.0 Å². The molecule has 1 amide bonds. The standard InChI is InChI=1S/C18H25N3O2/c1-18(2,3)16(11-21-10-9-19-14-21)20-17(22)13-23-12-15-7-5-4-6-8-15/h4-10,14,16H,11-13H2,1-3H3,(H,20,22)/t16-/m0/s1. The second kappa shape index (κ2) is 7.92. The predicted molar refractivity (Wildman–Crippen MR) is 89.7 cm³/mol. The molecule has 5 heteroatoms. The van der Waals surface area contributed by atoms with E-state index in [0.717, 1.165) is 5.56 Å². The monoisotopic (exact) mass is 315 g/mol. The summed E-state index contributed by atoms with van der Waals surface area (Å²) >= 11 is 0. The summed E-state index contributed by atoms with van der Waals surface area (Å²) in [5, 5.41) is 3.07. The number of rotatable bonds is 7. The van der Waals surface area contributed by atoms with Gasteiger partial charge in [0, 0.05) is 18.9 Å². The van der Waals surface area contributed by atoms with Gasteiger partial charge in [-0.3, -0.25) is 4.79 Å². The van der Waals surface area contributed by atoms with Crippen molar-refractivity contribution >= 4 is 5.91 Å². The highest BCUT2D eigenvalue weighted by Gasteiger charge is 2.26. The maximum atomic E-state index is 12.2. The first-order valence-electron chi connectivity index (χ1n) is 7.82. The number of ether oxygens (including phenoxy) is 1. The Kier molecular flexibility index (Phi) is 5.93. The van der Waals surface area contributed by atoms with E-state index in [1.54, 1.807) is 12.5 Å². The third-order valence-electron chi connectivity index (χ3n) is 3.68. The smallest absolute Gasteiger partial charge is 0.246 e. The van der Waals surface area contributed by atoms with Crippen LogP contribution >= 0.6 is 0 Å². The van der Waals surface area contributed by atoms with Crippen molar-refractivity contribution < 1.29 is 9.53 Å². The van der Waals surface area contributed by atoms with Crippen LogP contribution in [0.2, 0.25) is 0 Å². The van der Waals surface area contributed by atoms with E-state index in [4.69, 9.17) is 4.74 Å². The molecule has 0 saturated carbocycles. The molecule has 0 saturated heterocycles. The number of nitrogens with zero attached hydrogens (tertiary/aromatic N) is 2. The molecule has 124 valence electrons. The van der Waals surface area contributed by atoms with Crippen molar-refractivity contribution in [1.82, 2.24) is 14.9 Å². The van der Waals surface area contributed by atoms with Gasteiger partial charge in [0.1, 0.15) is 6.61 Å². The van der Waals surface area contributed by atoms with Crippen LogP contribution in [0, 0.1) is 5.41 Å². The second-order valence-corrected chi connectivity index (χ2v) is 6.72. The fourth-order valence-corrected chi connectivity index (χ4v) is 2.21. The number of carbonyl (C=O) groups excluding carboxylic acids is 1. The van der Waals surface area contributed by atoms with Crippen LogP contribution in [0.25, 0.3) is 0 Å². The van der Waals surface area contributed by atoms with Crippen LogP contribution < -0.4 is 5.32 Å². The summed E-state index contributed by atoms with van der Waals surface area (Å²) in [6.07, 6.45) is 5.40. The summed E-state index contributed by atoms with van der Waals surface area (Å²) in [5.41, 5.74) is 1.01. The Morgan fingerprint density at radius 3 is 2.65 bits per heavy atom. The van der Waals surface area contributed by atoms with E-state index in [9.17, 15) is 4.79 Å². The quantitative estimate of drug-likeness (QED) is 0.854. The number of hydrogen-bond acceptors (Lipinski definition) is 3. The van der Waals surface area contributed by atoms with Gasteiger partial charge in [0.25, 0.3) is 0 Å². The average Bonchev–Trinajstić information content (AvgIpc) is 3.00. The highest BCUT2D eigenvalue weighted by molar-refractivity contribution is 5.77. The van der Waals surface area contributed by atoms with Crippen LogP contribution in [0.5, 0.6) is 0 Å². The van der Waals surface area contributed by atoms with E-state index in [0.29, 0.717) is 13.2 Å². The lowest BCUT2D eigenvalue weighted by atomic mass is 9.86. The highest BCUT2D eigenvalue weighted by atomic mass is 16.5. The van der Waals surface area contributed by atoms with Gasteiger partial charge in [-0.1, -0.05) is 51.1 Å². The zero-order chi connectivity index (χ0) is 16.7. The van der Waals surface area contributed by atoms with E-state index >= 15 is 0 Å². The number of aromatic nitrogens is 2. The Morgan fingerprint density at radius 1 is 1.30 bits per heavy atom. The number of carbonyl (C=O) groups is 1. The molecular formula is C18H25N3O2. The molecule has 0 radical (unpaired) electrons. The minimum absolute atomic E-state index is 0.00419. The lowest BCUT2D eigenvalue weighted by Crippen LogP contribution is -2.47. The fraction of sp³-hybridized carbons (Fsp3) is 0.444. The van der Waals surface area contributed by atoms with Crippen LogP contribution in [0.1, 0.15) is 26.3 Å². The van der Waals surface area contributed by atoms with Gasteiger partial charge < -0.3 is 14.6 Å². The molecule has 1 N–H and O–H groups in total. The summed E-state index contributed by atoms with van der Waals surface area (Å²) in [6.45, 7) is 7.52. The molecule has 0 aliphatic rings. The molecule has 1 aromatic carbocycles. The predicted octanol–water partition coefficient (Wildman–Crippen LogP) is 2.63. The van der Waals surface area contributed by atoms with Crippen LogP contribution in [0.15, 0.2) is 49.1 Å². The molecule has 2 aromatic rings. The zero-order valence-corrected chi connectivity index (χ0v) is 14.0. The normalized spacial score (nSPS) is 12.8. The van der Waals surface area contributed by atoms with E-state index in [-0.39, 0.29) is 24.0 Å². The molecule has 0 aliphatic heterocycles. The van der Waals surface area contributed by atoms with Gasteiger partial charge in [0.2, 0.25) is 5.91 Å². The average molecular weight is 315 g/mol. The number of nitrogens with one attached hydrogen (secondary N) is 1. The van der Waals surface area contributed by atoms with E-state index in [1.807, 2.05) is 41.1 Å². The van der Waals surface area contributed by atoms with E-state index < -0.39 is 0 Å². The minimum Gasteiger partial charge on any atom is -0.367 e. The number of imidazole rings is 1. The van der Waals surface area contributed by atoms with Crippen LogP contribution in [-0.2, 0) is 22.7 Å². The molecule has 0 unspecified atom stereocenters. The molecule has 1 heterocycles. The van der Waals surface area contributed by atoms with E-state index in [2.05, 4.69) is 31.1 Å². The topological polar surface area (TPSA) is 56.2 Å². The molecule has 5 nitrogen and oxygen atoms in total. The Bertz CT molecular complexity index is 588. The van der Waals surface area contributed by atoms with Gasteiger partial charge >= 0.3 is 0 Å². The first-order valence-corrected chi connectivity index (χ1v) is 7.82. The second-order valence-electron chi connectivity index (χ2n) is 6.72. The number of hydrogen-bond donors (Lipinski definition) is 1. The summed E-state index contributed by atoms with van der Waals surface area (Å²) in [6, 6.07) is 9.84. The van der Waals surface area contributed by atoms with Crippen LogP contribution in [0.3, 0.4) is 0 Å². The van der Waals surface area contributed by atoms with Crippen molar-refractivity contribution in [1.29, 1.82) is 0 Å². The zero-order valence-electron chi connectivity index (χ0n) is 14.0. The van der Waals surface area contributed by atoms with Crippen molar-refractivity contribution in [2.75, 3.05) is 6.61 Å². The van der Waals surface area contributed by atoms with Gasteiger partial charge in [-0.25, -0.2) is 4.98 Å². The minimum atomic E-state index is -0.0963. The molecule has 0 fully saturated rings. The Hall–Kier alpha value is -2.14. The molecule has 2 rings (SSSR count). The van der Waals surface area contributed by atoms with Crippen molar-refractivity contribution in [3.05, 3.63) is 54.6 Å². The van der Waals surface area contributed by atoms with Crippen molar-refractivity contribution in [2.45, 2.75) is 40.0 Å². The van der Waals surface area contributed by atoms with Gasteiger partial charge in [0.15, 0.2) is 0 Å². The lowest BCUT2D eigenvalue weighted by Gasteiger charge is -2.31. The molecule has 0 bridgehead atoms. The molecule has 0 aliphatic carbocycles. The molecule has 1 atom stereocenters. The first kappa shape index (κ1) is 17.2. The Morgan fingerprint density at radius 2 is 2.04 bits per heavy atom. The van der Waals surface area contributed by atoms with Gasteiger partial charge in [-0.2, -0.15) is 0 Å². The summed E-state index contributed by atoms with van der Waals surface area (Å²) in [4.78, 5) is 16.2. The van der Waals surface area contributed by atoms with Crippen LogP contribution in [-0.4, -0.2) is 28.1 Å². The third-order valence-corrected chi connectivity index (χ3v) is 3.68. The molecule has 1 aromatic heterocycles. The fourth-order valence-electron chi connectivity index (χ4n) is 2.21. The molecule has 23 heavy (non-hydrogen) atoms. The van der Waals surface area contributed by atoms with E-state index in [1.165, 1.54) is 0 Å². The summed E-state index contributed by atoms with van der Waals surface area (Å²) in [5.74, 6) is -0.0963. The third kappa shape index (κ3) is 5.87. The lowest BCUT2D eigenvalue weighted by molar-refractivity contribution is -0.127. The molecule has 0 spiro atoms. The maximum absolute atomic E-state index is 12.2. The van der Waals surface area contributed by atoms with Crippen molar-refractivity contribution in [3.63, 3.8) is 0 Å². The molecular weight excluding hydrogens is 290 g/mol. The Balaban J connectivity index is 1.82.